The molecule has 0 spiro atoms. The molecule has 4 aromatic rings. The quantitative estimate of drug-likeness (QED) is 0.0983. The molecular formula is C35H36N2O7S. The molecule has 3 aromatic carbocycles. The molecule has 0 unspecified atom stereocenters. The number of rotatable bonds is 11. The van der Waals surface area contributed by atoms with E-state index in [2.05, 4.69) is 5.32 Å². The number of carbonyl (C=O) groups excluding carboxylic acids is 2. The van der Waals surface area contributed by atoms with Crippen LogP contribution in [0.2, 0.25) is 0 Å². The lowest BCUT2D eigenvalue weighted by Gasteiger charge is -2.36. The topological polar surface area (TPSA) is 121 Å². The number of thioether (sulfide) groups is 1. The van der Waals surface area contributed by atoms with Crippen molar-refractivity contribution in [1.82, 2.24) is 5.32 Å². The monoisotopic (exact) mass is 628 g/mol. The normalized spacial score (nSPS) is 18.6. The van der Waals surface area contributed by atoms with Gasteiger partial charge in [0.25, 0.3) is 10.9 Å². The predicted molar refractivity (Wildman–Crippen MR) is 170 cm³/mol. The largest absolute Gasteiger partial charge is 0.618 e. The lowest BCUT2D eigenvalue weighted by Crippen LogP contribution is -2.35. The highest BCUT2D eigenvalue weighted by molar-refractivity contribution is 7.99. The number of ether oxygens (including phenoxy) is 3. The van der Waals surface area contributed by atoms with Crippen molar-refractivity contribution >= 4 is 23.6 Å². The van der Waals surface area contributed by atoms with Gasteiger partial charge >= 0.3 is 5.97 Å². The maximum absolute atomic E-state index is 12.2. The number of hydrogen-bond donors (Lipinski definition) is 2. The fraction of sp³-hybridized carbons (Fsp3) is 0.286. The molecule has 1 aliphatic heterocycles. The molecule has 10 heteroatoms. The van der Waals surface area contributed by atoms with E-state index in [-0.39, 0.29) is 24.7 Å². The minimum Gasteiger partial charge on any atom is -0.618 e. The van der Waals surface area contributed by atoms with Crippen molar-refractivity contribution in [3.63, 3.8) is 0 Å². The Bertz CT molecular complexity index is 1600. The summed E-state index contributed by atoms with van der Waals surface area (Å²) in [5.41, 5.74) is 5.58. The molecule has 1 aromatic heterocycles. The van der Waals surface area contributed by atoms with Crippen LogP contribution in [-0.4, -0.2) is 34.9 Å². The smallest absolute Gasteiger partial charge is 0.303 e. The van der Waals surface area contributed by atoms with Crippen LogP contribution >= 0.6 is 11.8 Å². The van der Waals surface area contributed by atoms with Crippen molar-refractivity contribution in [3.8, 4) is 11.1 Å². The van der Waals surface area contributed by atoms with Crippen LogP contribution in [0.1, 0.15) is 54.9 Å². The molecule has 5 rings (SSSR count). The Balaban J connectivity index is 1.29. The van der Waals surface area contributed by atoms with Gasteiger partial charge in [0.15, 0.2) is 18.6 Å². The van der Waals surface area contributed by atoms with Crippen LogP contribution < -0.4 is 10.0 Å². The Morgan fingerprint density at radius 3 is 2.44 bits per heavy atom. The molecule has 9 nitrogen and oxygen atoms in total. The Morgan fingerprint density at radius 2 is 1.73 bits per heavy atom. The summed E-state index contributed by atoms with van der Waals surface area (Å²) in [5.74, 6) is -0.279. The van der Waals surface area contributed by atoms with E-state index >= 15 is 0 Å². The summed E-state index contributed by atoms with van der Waals surface area (Å²) in [4.78, 5) is 23.4. The second-order valence-electron chi connectivity index (χ2n) is 10.8. The van der Waals surface area contributed by atoms with Crippen LogP contribution in [0.15, 0.2) is 102 Å². The SMILES string of the molecule is CC(=O)O[C@@H](C)C(=O)NCc1cccc(-c2ccc([C@H]3O[C@@H](CSc4cccc[n+]4[O-])C[C@@H](c4ccc(CO)cc4)O3)cc2)c1. The summed E-state index contributed by atoms with van der Waals surface area (Å²) in [6.07, 6.45) is 0.229. The maximum atomic E-state index is 12.2. The zero-order valence-electron chi connectivity index (χ0n) is 25.1. The maximum Gasteiger partial charge on any atom is 0.303 e. The first-order valence-electron chi connectivity index (χ1n) is 14.7. The average Bonchev–Trinajstić information content (AvgIpc) is 3.06. The number of esters is 1. The molecule has 1 saturated heterocycles. The van der Waals surface area contributed by atoms with Gasteiger partial charge in [0.05, 0.1) is 18.8 Å². The Hall–Kier alpha value is -4.22. The number of pyridine rings is 1. The van der Waals surface area contributed by atoms with Crippen LogP contribution in [0.25, 0.3) is 11.1 Å². The minimum absolute atomic E-state index is 0.0255. The minimum atomic E-state index is -0.860. The van der Waals surface area contributed by atoms with Gasteiger partial charge in [0, 0.05) is 43.3 Å². The Labute approximate surface area is 266 Å². The fourth-order valence-corrected chi connectivity index (χ4v) is 5.99. The molecule has 1 aliphatic rings. The molecule has 0 aliphatic carbocycles. The van der Waals surface area contributed by atoms with Crippen molar-refractivity contribution in [2.45, 2.75) is 63.0 Å². The number of nitrogens with zero attached hydrogens (tertiary/aromatic N) is 1. The second kappa shape index (κ2) is 15.2. The first-order valence-corrected chi connectivity index (χ1v) is 15.7. The van der Waals surface area contributed by atoms with Crippen LogP contribution in [0.3, 0.4) is 0 Å². The molecule has 0 radical (unpaired) electrons. The summed E-state index contributed by atoms with van der Waals surface area (Å²) < 4.78 is 18.7. The van der Waals surface area contributed by atoms with Crippen molar-refractivity contribution < 1.29 is 33.6 Å². The summed E-state index contributed by atoms with van der Waals surface area (Å²) in [6, 6.07) is 28.9. The summed E-state index contributed by atoms with van der Waals surface area (Å²) in [6.45, 7) is 3.08. The highest BCUT2D eigenvalue weighted by atomic mass is 32.2. The molecule has 234 valence electrons. The lowest BCUT2D eigenvalue weighted by molar-refractivity contribution is -0.645. The molecule has 1 fully saturated rings. The lowest BCUT2D eigenvalue weighted by atomic mass is 9.99. The Morgan fingerprint density at radius 1 is 0.978 bits per heavy atom. The third-order valence-electron chi connectivity index (χ3n) is 7.44. The molecule has 1 amide bonds. The van der Waals surface area contributed by atoms with Crippen LogP contribution in [0.4, 0.5) is 0 Å². The van der Waals surface area contributed by atoms with Gasteiger partial charge in [-0.1, -0.05) is 78.5 Å². The van der Waals surface area contributed by atoms with E-state index in [1.54, 1.807) is 12.1 Å². The van der Waals surface area contributed by atoms with Gasteiger partial charge in [0.1, 0.15) is 0 Å². The van der Waals surface area contributed by atoms with Crippen molar-refractivity contribution in [3.05, 3.63) is 125 Å². The van der Waals surface area contributed by atoms with Gasteiger partial charge < -0.3 is 29.8 Å². The van der Waals surface area contributed by atoms with Gasteiger partial charge in [-0.05, 0) is 46.9 Å². The van der Waals surface area contributed by atoms with Gasteiger partial charge in [-0.2, -0.15) is 4.73 Å². The first kappa shape index (κ1) is 32.2. The molecule has 0 bridgehead atoms. The highest BCUT2D eigenvalue weighted by Crippen LogP contribution is 2.39. The van der Waals surface area contributed by atoms with E-state index in [4.69, 9.17) is 14.2 Å². The molecule has 45 heavy (non-hydrogen) atoms. The second-order valence-corrected chi connectivity index (χ2v) is 11.9. The van der Waals surface area contributed by atoms with E-state index in [1.165, 1.54) is 31.8 Å². The Kier molecular flexibility index (Phi) is 10.9. The van der Waals surface area contributed by atoms with E-state index in [9.17, 15) is 19.9 Å². The van der Waals surface area contributed by atoms with Crippen molar-refractivity contribution in [2.75, 3.05) is 5.75 Å². The molecule has 2 N–H and O–H groups in total. The molecule has 2 heterocycles. The van der Waals surface area contributed by atoms with Crippen molar-refractivity contribution in [1.29, 1.82) is 0 Å². The third-order valence-corrected chi connectivity index (χ3v) is 8.59. The number of hydrogen-bond acceptors (Lipinski definition) is 8. The van der Waals surface area contributed by atoms with E-state index in [0.717, 1.165) is 38.1 Å². The van der Waals surface area contributed by atoms with Crippen LogP contribution in [0, 0.1) is 5.21 Å². The molecule has 4 atom stereocenters. The standard InChI is InChI=1S/C35H36N2O7S/c1-23(42-24(2)39)34(40)36-20-26-6-5-7-30(18-26)27-13-15-29(16-14-27)35-43-31(22-45-33-8-3-4-17-37(33)41)19-32(44-35)28-11-9-25(21-38)10-12-28/h3-18,23,31-32,35,38H,19-22H2,1-2H3,(H,36,40)/t23-,31+,32-,35-/m0/s1. The zero-order chi connectivity index (χ0) is 31.8. The summed E-state index contributed by atoms with van der Waals surface area (Å²) in [5, 5.41) is 25.1. The predicted octanol–water partition coefficient (Wildman–Crippen LogP) is 5.38. The first-order chi connectivity index (χ1) is 21.8. The summed E-state index contributed by atoms with van der Waals surface area (Å²) in [7, 11) is 0. The number of aliphatic hydroxyl groups excluding tert-OH is 1. The number of aromatic nitrogens is 1. The molecular weight excluding hydrogens is 592 g/mol. The number of benzene rings is 3. The highest BCUT2D eigenvalue weighted by Gasteiger charge is 2.32. The summed E-state index contributed by atoms with van der Waals surface area (Å²) >= 11 is 1.45. The number of aliphatic hydroxyl groups is 1. The number of carbonyl (C=O) groups is 2. The van der Waals surface area contributed by atoms with Gasteiger partial charge in [-0.25, -0.2) is 0 Å². The number of amides is 1. The van der Waals surface area contributed by atoms with Crippen molar-refractivity contribution in [2.24, 2.45) is 0 Å². The molecule has 0 saturated carbocycles. The van der Waals surface area contributed by atoms with E-state index < -0.39 is 18.4 Å². The number of nitrogens with one attached hydrogen (secondary N) is 1. The third kappa shape index (κ3) is 8.70. The zero-order valence-corrected chi connectivity index (χ0v) is 25.9. The van der Waals surface area contributed by atoms with Gasteiger partial charge in [-0.15, -0.1) is 0 Å². The van der Waals surface area contributed by atoms with Gasteiger partial charge in [-0.3, -0.25) is 9.59 Å². The van der Waals surface area contributed by atoms with E-state index in [1.807, 2.05) is 78.9 Å². The van der Waals surface area contributed by atoms with E-state index in [0.29, 0.717) is 23.7 Å². The fourth-order valence-electron chi connectivity index (χ4n) is 5.05. The average molecular weight is 629 g/mol. The van der Waals surface area contributed by atoms with Crippen LogP contribution in [-0.2, 0) is 37.0 Å². The van der Waals surface area contributed by atoms with Crippen LogP contribution in [0.5, 0.6) is 0 Å². The van der Waals surface area contributed by atoms with Gasteiger partial charge in [0.2, 0.25) is 0 Å².